The van der Waals surface area contributed by atoms with Crippen LogP contribution in [0.15, 0.2) is 4.99 Å². The van der Waals surface area contributed by atoms with Crippen molar-refractivity contribution in [2.24, 2.45) is 10.9 Å². The highest BCUT2D eigenvalue weighted by Crippen LogP contribution is 2.24. The lowest BCUT2D eigenvalue weighted by atomic mass is 10.1. The highest BCUT2D eigenvalue weighted by Gasteiger charge is 2.24. The zero-order chi connectivity index (χ0) is 18.1. The van der Waals surface area contributed by atoms with Gasteiger partial charge in [-0.3, -0.25) is 9.79 Å². The normalized spacial score (nSPS) is 23.1. The molecule has 1 amide bonds. The fraction of sp³-hybridized carbons (Fsp3) is 0.895. The summed E-state index contributed by atoms with van der Waals surface area (Å²) in [5, 5.41) is 4.14. The third-order valence-electron chi connectivity index (χ3n) is 4.99. The van der Waals surface area contributed by atoms with Gasteiger partial charge in [0.2, 0.25) is 5.91 Å². The molecule has 1 atom stereocenters. The average molecular weight is 369 g/mol. The molecule has 2 aliphatic rings. The largest absolute Gasteiger partial charge is 0.357 e. The van der Waals surface area contributed by atoms with Gasteiger partial charge >= 0.3 is 0 Å². The molecule has 0 bridgehead atoms. The van der Waals surface area contributed by atoms with Crippen LogP contribution in [0.5, 0.6) is 0 Å². The molecule has 2 aliphatic heterocycles. The van der Waals surface area contributed by atoms with Gasteiger partial charge in [-0.2, -0.15) is 11.8 Å². The van der Waals surface area contributed by atoms with E-state index in [1.54, 1.807) is 0 Å². The van der Waals surface area contributed by atoms with Crippen LogP contribution >= 0.6 is 11.8 Å². The summed E-state index contributed by atoms with van der Waals surface area (Å²) in [5.74, 6) is 3.26. The van der Waals surface area contributed by atoms with Crippen LogP contribution in [0, 0.1) is 5.92 Å². The van der Waals surface area contributed by atoms with Crippen molar-refractivity contribution in [3.8, 4) is 0 Å². The van der Waals surface area contributed by atoms with Crippen LogP contribution < -0.4 is 5.32 Å². The summed E-state index contributed by atoms with van der Waals surface area (Å²) in [6, 6.07) is 0. The zero-order valence-corrected chi connectivity index (χ0v) is 17.1. The van der Waals surface area contributed by atoms with Gasteiger partial charge in [0.15, 0.2) is 5.96 Å². The second-order valence-corrected chi connectivity index (χ2v) is 8.73. The number of nitrogens with zero attached hydrogens (tertiary/aromatic N) is 3. The van der Waals surface area contributed by atoms with E-state index >= 15 is 0 Å². The molecule has 2 saturated heterocycles. The van der Waals surface area contributed by atoms with Crippen LogP contribution in [-0.4, -0.2) is 71.9 Å². The van der Waals surface area contributed by atoms with Gasteiger partial charge in [-0.25, -0.2) is 0 Å². The summed E-state index contributed by atoms with van der Waals surface area (Å²) in [4.78, 5) is 21.4. The van der Waals surface area contributed by atoms with E-state index < -0.39 is 0 Å². The Morgan fingerprint density at radius 1 is 1.32 bits per heavy atom. The van der Waals surface area contributed by atoms with Gasteiger partial charge in [0, 0.05) is 56.7 Å². The predicted octanol–water partition coefficient (Wildman–Crippen LogP) is 2.82. The van der Waals surface area contributed by atoms with E-state index in [0.29, 0.717) is 17.1 Å². The molecule has 0 aliphatic carbocycles. The van der Waals surface area contributed by atoms with Gasteiger partial charge in [0.25, 0.3) is 0 Å². The molecule has 0 saturated carbocycles. The second kappa shape index (κ2) is 10.9. The second-order valence-electron chi connectivity index (χ2n) is 7.38. The Morgan fingerprint density at radius 3 is 2.92 bits per heavy atom. The molecule has 6 heteroatoms. The van der Waals surface area contributed by atoms with E-state index in [-0.39, 0.29) is 0 Å². The van der Waals surface area contributed by atoms with E-state index in [4.69, 9.17) is 4.99 Å². The smallest absolute Gasteiger partial charge is 0.222 e. The lowest BCUT2D eigenvalue weighted by molar-refractivity contribution is -0.130. The number of thioether (sulfide) groups is 1. The number of guanidine groups is 1. The number of carbonyl (C=O) groups excluding carboxylic acids is 1. The highest BCUT2D eigenvalue weighted by atomic mass is 32.2. The Balaban J connectivity index is 1.83. The molecular formula is C19H36N4OS. The predicted molar refractivity (Wildman–Crippen MR) is 108 cm³/mol. The summed E-state index contributed by atoms with van der Waals surface area (Å²) in [6.45, 7) is 12.4. The summed E-state index contributed by atoms with van der Waals surface area (Å²) in [5.41, 5.74) is 0. The summed E-state index contributed by atoms with van der Waals surface area (Å²) in [7, 11) is 0. The third-order valence-corrected chi connectivity index (χ3v) is 6.53. The Morgan fingerprint density at radius 2 is 2.16 bits per heavy atom. The van der Waals surface area contributed by atoms with Crippen LogP contribution in [-0.2, 0) is 4.79 Å². The molecule has 0 spiro atoms. The minimum Gasteiger partial charge on any atom is -0.357 e. The van der Waals surface area contributed by atoms with Crippen molar-refractivity contribution in [3.63, 3.8) is 0 Å². The molecule has 2 fully saturated rings. The fourth-order valence-electron chi connectivity index (χ4n) is 3.42. The first-order valence-corrected chi connectivity index (χ1v) is 11.1. The van der Waals surface area contributed by atoms with Crippen molar-refractivity contribution in [2.45, 2.75) is 58.1 Å². The van der Waals surface area contributed by atoms with E-state index in [9.17, 15) is 4.79 Å². The number of carbonyl (C=O) groups is 1. The molecule has 1 unspecified atom stereocenters. The van der Waals surface area contributed by atoms with E-state index in [0.717, 1.165) is 70.9 Å². The number of nitrogens with one attached hydrogen (secondary N) is 1. The Labute approximate surface area is 158 Å². The molecule has 0 aromatic carbocycles. The summed E-state index contributed by atoms with van der Waals surface area (Å²) < 4.78 is 0. The van der Waals surface area contributed by atoms with Crippen LogP contribution in [0.25, 0.3) is 0 Å². The molecular weight excluding hydrogens is 332 g/mol. The van der Waals surface area contributed by atoms with Crippen molar-refractivity contribution in [1.29, 1.82) is 0 Å². The van der Waals surface area contributed by atoms with Gasteiger partial charge < -0.3 is 15.1 Å². The number of amides is 1. The van der Waals surface area contributed by atoms with Crippen molar-refractivity contribution < 1.29 is 4.79 Å². The standard InChI is InChI=1S/C19H36N4OS/c1-4-20-19(23-13-14-25-17(15-23)16(2)3)21-10-8-12-22-11-7-5-6-9-18(22)24/h16-17H,4-15H2,1-3H3,(H,20,21). The van der Waals surface area contributed by atoms with E-state index in [1.807, 2.05) is 4.90 Å². The van der Waals surface area contributed by atoms with E-state index in [2.05, 4.69) is 42.7 Å². The summed E-state index contributed by atoms with van der Waals surface area (Å²) in [6.07, 6.45) is 5.08. The maximum absolute atomic E-state index is 12.1. The first-order chi connectivity index (χ1) is 12.1. The quantitative estimate of drug-likeness (QED) is 0.445. The number of hydrogen-bond donors (Lipinski definition) is 1. The fourth-order valence-corrected chi connectivity index (χ4v) is 4.72. The maximum atomic E-state index is 12.1. The maximum Gasteiger partial charge on any atom is 0.222 e. The van der Waals surface area contributed by atoms with Crippen LogP contribution in [0.2, 0.25) is 0 Å². The molecule has 25 heavy (non-hydrogen) atoms. The average Bonchev–Trinajstić information content (AvgIpc) is 2.82. The minimum absolute atomic E-state index is 0.334. The van der Waals surface area contributed by atoms with Crippen molar-refractivity contribution in [3.05, 3.63) is 0 Å². The monoisotopic (exact) mass is 368 g/mol. The number of hydrogen-bond acceptors (Lipinski definition) is 3. The van der Waals surface area contributed by atoms with Crippen molar-refractivity contribution in [2.75, 3.05) is 45.0 Å². The Hall–Kier alpha value is -0.910. The van der Waals surface area contributed by atoms with Gasteiger partial charge in [-0.05, 0) is 32.1 Å². The van der Waals surface area contributed by atoms with Crippen molar-refractivity contribution >= 4 is 23.6 Å². The Kier molecular flexibility index (Phi) is 8.93. The summed E-state index contributed by atoms with van der Waals surface area (Å²) >= 11 is 2.09. The molecule has 144 valence electrons. The molecule has 0 radical (unpaired) electrons. The molecule has 1 N–H and O–H groups in total. The molecule has 0 aromatic rings. The van der Waals surface area contributed by atoms with Gasteiger partial charge in [-0.15, -0.1) is 0 Å². The third kappa shape index (κ3) is 6.72. The van der Waals surface area contributed by atoms with Crippen LogP contribution in [0.3, 0.4) is 0 Å². The SMILES string of the molecule is CCNC(=NCCCN1CCCCCC1=O)N1CCSC(C(C)C)C1. The lowest BCUT2D eigenvalue weighted by Crippen LogP contribution is -2.49. The van der Waals surface area contributed by atoms with Gasteiger partial charge in [-0.1, -0.05) is 20.3 Å². The first-order valence-electron chi connectivity index (χ1n) is 10.0. The Bertz CT molecular complexity index is 441. The number of rotatable bonds is 6. The minimum atomic E-state index is 0.334. The highest BCUT2D eigenvalue weighted by molar-refractivity contribution is 8.00. The topological polar surface area (TPSA) is 47.9 Å². The molecule has 5 nitrogen and oxygen atoms in total. The molecule has 0 aromatic heterocycles. The number of aliphatic imine (C=N–C) groups is 1. The van der Waals surface area contributed by atoms with Crippen LogP contribution in [0.4, 0.5) is 0 Å². The van der Waals surface area contributed by atoms with Crippen molar-refractivity contribution in [1.82, 2.24) is 15.1 Å². The first kappa shape index (κ1) is 20.4. The zero-order valence-electron chi connectivity index (χ0n) is 16.3. The van der Waals surface area contributed by atoms with Gasteiger partial charge in [0.1, 0.15) is 0 Å². The van der Waals surface area contributed by atoms with Crippen LogP contribution in [0.1, 0.15) is 52.9 Å². The number of likely N-dealkylation sites (tertiary alicyclic amines) is 1. The molecule has 2 rings (SSSR count). The molecule has 2 heterocycles. The lowest BCUT2D eigenvalue weighted by Gasteiger charge is -2.36. The van der Waals surface area contributed by atoms with Gasteiger partial charge in [0.05, 0.1) is 0 Å². The van der Waals surface area contributed by atoms with E-state index in [1.165, 1.54) is 12.2 Å².